The highest BCUT2D eigenvalue weighted by Crippen LogP contribution is 2.26. The summed E-state index contributed by atoms with van der Waals surface area (Å²) in [6.45, 7) is 1.70. The summed E-state index contributed by atoms with van der Waals surface area (Å²) in [5.74, 6) is -1.05. The van der Waals surface area contributed by atoms with Gasteiger partial charge in [-0.25, -0.2) is 8.78 Å². The highest BCUT2D eigenvalue weighted by molar-refractivity contribution is 9.10. The molecule has 1 heterocycles. The Morgan fingerprint density at radius 3 is 2.56 bits per heavy atom. The van der Waals surface area contributed by atoms with Crippen LogP contribution in [-0.4, -0.2) is 19.2 Å². The van der Waals surface area contributed by atoms with E-state index in [4.69, 9.17) is 4.74 Å². The van der Waals surface area contributed by atoms with Gasteiger partial charge in [-0.2, -0.15) is 0 Å². The van der Waals surface area contributed by atoms with Crippen LogP contribution in [0.5, 0.6) is 5.75 Å². The number of hydrogen-bond acceptors (Lipinski definition) is 2. The standard InChI is InChI=1S/C11H12BrF2NO/c12-8-5-10(14)11(6-9(8)13)16-7-1-3-15-4-2-7/h5-7,15H,1-4H2. The van der Waals surface area contributed by atoms with Crippen LogP contribution in [0.3, 0.4) is 0 Å². The largest absolute Gasteiger partial charge is 0.487 e. The van der Waals surface area contributed by atoms with E-state index in [2.05, 4.69) is 21.2 Å². The molecule has 1 aromatic rings. The van der Waals surface area contributed by atoms with Crippen molar-refractivity contribution < 1.29 is 13.5 Å². The second-order valence-electron chi connectivity index (χ2n) is 3.76. The number of nitrogens with one attached hydrogen (secondary N) is 1. The van der Waals surface area contributed by atoms with Crippen molar-refractivity contribution in [2.75, 3.05) is 13.1 Å². The molecule has 0 aliphatic carbocycles. The topological polar surface area (TPSA) is 21.3 Å². The summed E-state index contributed by atoms with van der Waals surface area (Å²) in [6, 6.07) is 2.17. The lowest BCUT2D eigenvalue weighted by Crippen LogP contribution is -2.34. The molecule has 2 rings (SSSR count). The molecule has 0 bridgehead atoms. The summed E-state index contributed by atoms with van der Waals surface area (Å²) in [5.41, 5.74) is 0. The fraction of sp³-hybridized carbons (Fsp3) is 0.455. The van der Waals surface area contributed by atoms with Crippen LogP contribution in [0.4, 0.5) is 8.78 Å². The van der Waals surface area contributed by atoms with Crippen molar-refractivity contribution in [3.8, 4) is 5.75 Å². The summed E-state index contributed by atoms with van der Waals surface area (Å²) < 4.78 is 32.2. The van der Waals surface area contributed by atoms with Crippen molar-refractivity contribution >= 4 is 15.9 Å². The molecular formula is C11H12BrF2NO. The quantitative estimate of drug-likeness (QED) is 0.846. The minimum absolute atomic E-state index is 0.00685. The minimum Gasteiger partial charge on any atom is -0.487 e. The van der Waals surface area contributed by atoms with Crippen molar-refractivity contribution in [2.24, 2.45) is 0 Å². The summed E-state index contributed by atoms with van der Waals surface area (Å²) in [5, 5.41) is 3.18. The normalized spacial score (nSPS) is 17.4. The third-order valence-corrected chi connectivity index (χ3v) is 3.16. The van der Waals surface area contributed by atoms with Crippen LogP contribution >= 0.6 is 15.9 Å². The van der Waals surface area contributed by atoms with Gasteiger partial charge in [-0.1, -0.05) is 0 Å². The maximum atomic E-state index is 13.4. The smallest absolute Gasteiger partial charge is 0.166 e. The molecule has 0 radical (unpaired) electrons. The van der Waals surface area contributed by atoms with Crippen molar-refractivity contribution in [1.29, 1.82) is 0 Å². The number of benzene rings is 1. The highest BCUT2D eigenvalue weighted by atomic mass is 79.9. The van der Waals surface area contributed by atoms with Crippen LogP contribution in [0.25, 0.3) is 0 Å². The lowest BCUT2D eigenvalue weighted by atomic mass is 10.1. The zero-order chi connectivity index (χ0) is 11.5. The van der Waals surface area contributed by atoms with Crippen molar-refractivity contribution in [3.05, 3.63) is 28.2 Å². The summed E-state index contributed by atoms with van der Waals surface area (Å²) in [7, 11) is 0. The minimum atomic E-state index is -0.535. The molecule has 1 aliphatic rings. The average molecular weight is 292 g/mol. The van der Waals surface area contributed by atoms with E-state index in [1.165, 1.54) is 0 Å². The van der Waals surface area contributed by atoms with Gasteiger partial charge in [0.05, 0.1) is 4.47 Å². The van der Waals surface area contributed by atoms with Crippen molar-refractivity contribution in [1.82, 2.24) is 5.32 Å². The molecule has 1 saturated heterocycles. The van der Waals surface area contributed by atoms with Crippen LogP contribution < -0.4 is 10.1 Å². The van der Waals surface area contributed by atoms with E-state index in [0.717, 1.165) is 38.1 Å². The molecular weight excluding hydrogens is 280 g/mol. The molecule has 1 fully saturated rings. The van der Waals surface area contributed by atoms with Gasteiger partial charge in [-0.05, 0) is 47.9 Å². The molecule has 16 heavy (non-hydrogen) atoms. The third-order valence-electron chi connectivity index (χ3n) is 2.55. The summed E-state index contributed by atoms with van der Waals surface area (Å²) in [6.07, 6.45) is 1.60. The van der Waals surface area contributed by atoms with E-state index in [9.17, 15) is 8.78 Å². The number of halogens is 3. The zero-order valence-corrected chi connectivity index (χ0v) is 10.2. The lowest BCUT2D eigenvalue weighted by Gasteiger charge is -2.24. The second kappa shape index (κ2) is 5.10. The van der Waals surface area contributed by atoms with E-state index in [1.807, 2.05) is 0 Å². The number of rotatable bonds is 2. The van der Waals surface area contributed by atoms with Gasteiger partial charge in [0.2, 0.25) is 0 Å². The Hall–Kier alpha value is -0.680. The Labute approximate surface area is 101 Å². The van der Waals surface area contributed by atoms with E-state index < -0.39 is 11.6 Å². The first-order valence-electron chi connectivity index (χ1n) is 5.19. The predicted molar refractivity (Wildman–Crippen MR) is 60.6 cm³/mol. The van der Waals surface area contributed by atoms with E-state index >= 15 is 0 Å². The molecule has 88 valence electrons. The highest BCUT2D eigenvalue weighted by Gasteiger charge is 2.17. The third kappa shape index (κ3) is 2.71. The van der Waals surface area contributed by atoms with Gasteiger partial charge in [-0.15, -0.1) is 0 Å². The first-order chi connectivity index (χ1) is 7.66. The van der Waals surface area contributed by atoms with Crippen LogP contribution in [0, 0.1) is 11.6 Å². The fourth-order valence-electron chi connectivity index (χ4n) is 1.69. The molecule has 0 unspecified atom stereocenters. The van der Waals surface area contributed by atoms with E-state index in [1.54, 1.807) is 0 Å². The van der Waals surface area contributed by atoms with E-state index in [-0.39, 0.29) is 16.3 Å². The van der Waals surface area contributed by atoms with Crippen LogP contribution in [0.2, 0.25) is 0 Å². The van der Waals surface area contributed by atoms with Crippen LogP contribution in [-0.2, 0) is 0 Å². The number of hydrogen-bond donors (Lipinski definition) is 1. The Balaban J connectivity index is 2.11. The second-order valence-corrected chi connectivity index (χ2v) is 4.62. The van der Waals surface area contributed by atoms with Gasteiger partial charge in [0.1, 0.15) is 11.9 Å². The molecule has 1 aliphatic heterocycles. The average Bonchev–Trinajstić information content (AvgIpc) is 2.27. The number of ether oxygens (including phenoxy) is 1. The van der Waals surface area contributed by atoms with E-state index in [0.29, 0.717) is 0 Å². The zero-order valence-electron chi connectivity index (χ0n) is 8.60. The molecule has 1 N–H and O–H groups in total. The molecule has 1 aromatic carbocycles. The first kappa shape index (κ1) is 11.8. The lowest BCUT2D eigenvalue weighted by molar-refractivity contribution is 0.155. The molecule has 0 aromatic heterocycles. The van der Waals surface area contributed by atoms with Gasteiger partial charge in [0.15, 0.2) is 11.6 Å². The number of piperidine rings is 1. The molecule has 2 nitrogen and oxygen atoms in total. The van der Waals surface area contributed by atoms with Gasteiger partial charge in [0, 0.05) is 6.07 Å². The van der Waals surface area contributed by atoms with Crippen molar-refractivity contribution in [2.45, 2.75) is 18.9 Å². The van der Waals surface area contributed by atoms with Gasteiger partial charge < -0.3 is 10.1 Å². The fourth-order valence-corrected chi connectivity index (χ4v) is 2.00. The first-order valence-corrected chi connectivity index (χ1v) is 5.98. The van der Waals surface area contributed by atoms with Crippen LogP contribution in [0.15, 0.2) is 16.6 Å². The molecule has 0 atom stereocenters. The Morgan fingerprint density at radius 2 is 1.88 bits per heavy atom. The molecule has 0 spiro atoms. The maximum Gasteiger partial charge on any atom is 0.166 e. The Bertz CT molecular complexity index is 380. The maximum absolute atomic E-state index is 13.4. The SMILES string of the molecule is Fc1cc(OC2CCNCC2)c(F)cc1Br. The Kier molecular flexibility index (Phi) is 3.76. The Morgan fingerprint density at radius 1 is 1.19 bits per heavy atom. The van der Waals surface area contributed by atoms with Crippen molar-refractivity contribution in [3.63, 3.8) is 0 Å². The van der Waals surface area contributed by atoms with Crippen LogP contribution in [0.1, 0.15) is 12.8 Å². The molecule has 5 heteroatoms. The van der Waals surface area contributed by atoms with Gasteiger partial charge >= 0.3 is 0 Å². The molecule has 0 saturated carbocycles. The van der Waals surface area contributed by atoms with Gasteiger partial charge in [0.25, 0.3) is 0 Å². The van der Waals surface area contributed by atoms with Gasteiger partial charge in [-0.3, -0.25) is 0 Å². The molecule has 0 amide bonds. The summed E-state index contributed by atoms with van der Waals surface area (Å²) >= 11 is 2.92. The summed E-state index contributed by atoms with van der Waals surface area (Å²) in [4.78, 5) is 0. The predicted octanol–water partition coefficient (Wildman–Crippen LogP) is 2.86. The monoisotopic (exact) mass is 291 g/mol.